The van der Waals surface area contributed by atoms with Gasteiger partial charge in [0.05, 0.1) is 0 Å². The van der Waals surface area contributed by atoms with Crippen LogP contribution in [0.5, 0.6) is 0 Å². The van der Waals surface area contributed by atoms with Crippen molar-refractivity contribution in [2.45, 2.75) is 38.3 Å². The summed E-state index contributed by atoms with van der Waals surface area (Å²) in [6, 6.07) is 9.20. The first-order valence-electron chi connectivity index (χ1n) is 6.85. The Bertz CT molecular complexity index is 363. The maximum absolute atomic E-state index is 5.92. The molecule has 0 saturated carbocycles. The fraction of sp³-hybridized carbons (Fsp3) is 0.600. The molecule has 3 heteroatoms. The average molecular weight is 267 g/mol. The van der Waals surface area contributed by atoms with Gasteiger partial charge in [-0.15, -0.1) is 0 Å². The van der Waals surface area contributed by atoms with Gasteiger partial charge in [-0.25, -0.2) is 0 Å². The molecule has 0 spiro atoms. The third-order valence-corrected chi connectivity index (χ3v) is 4.06. The lowest BCUT2D eigenvalue weighted by molar-refractivity contribution is 0.340. The van der Waals surface area contributed by atoms with Crippen LogP contribution in [-0.2, 0) is 0 Å². The molecule has 0 amide bonds. The minimum Gasteiger partial charge on any atom is -0.307 e. The van der Waals surface area contributed by atoms with Crippen molar-refractivity contribution >= 4 is 11.6 Å². The summed E-state index contributed by atoms with van der Waals surface area (Å²) >= 11 is 5.92. The van der Waals surface area contributed by atoms with E-state index in [1.54, 1.807) is 0 Å². The first-order valence-corrected chi connectivity index (χ1v) is 7.23. The zero-order chi connectivity index (χ0) is 13.0. The van der Waals surface area contributed by atoms with Gasteiger partial charge < -0.3 is 10.2 Å². The molecule has 2 atom stereocenters. The molecule has 0 radical (unpaired) electrons. The molecule has 2 rings (SSSR count). The van der Waals surface area contributed by atoms with E-state index in [-0.39, 0.29) is 0 Å². The fourth-order valence-electron chi connectivity index (χ4n) is 2.61. The van der Waals surface area contributed by atoms with Gasteiger partial charge in [-0.3, -0.25) is 0 Å². The van der Waals surface area contributed by atoms with E-state index in [9.17, 15) is 0 Å². The molecule has 100 valence electrons. The summed E-state index contributed by atoms with van der Waals surface area (Å²) in [5.74, 6) is 0. The molecule has 1 aromatic carbocycles. The molecule has 1 aliphatic heterocycles. The second kappa shape index (κ2) is 6.55. The van der Waals surface area contributed by atoms with Crippen molar-refractivity contribution in [2.24, 2.45) is 0 Å². The lowest BCUT2D eigenvalue weighted by atomic mass is 10.0. The van der Waals surface area contributed by atoms with Crippen molar-refractivity contribution in [3.63, 3.8) is 0 Å². The van der Waals surface area contributed by atoms with Gasteiger partial charge in [0.2, 0.25) is 0 Å². The quantitative estimate of drug-likeness (QED) is 0.901. The van der Waals surface area contributed by atoms with Crippen LogP contribution >= 0.6 is 11.6 Å². The van der Waals surface area contributed by atoms with Gasteiger partial charge >= 0.3 is 0 Å². The topological polar surface area (TPSA) is 15.3 Å². The van der Waals surface area contributed by atoms with E-state index in [1.807, 2.05) is 12.1 Å². The summed E-state index contributed by atoms with van der Waals surface area (Å²) in [6.07, 6.45) is 3.82. The van der Waals surface area contributed by atoms with E-state index in [0.29, 0.717) is 12.1 Å². The molecular weight excluding hydrogens is 244 g/mol. The summed E-state index contributed by atoms with van der Waals surface area (Å²) in [5.41, 5.74) is 1.32. The van der Waals surface area contributed by atoms with Crippen molar-refractivity contribution in [3.05, 3.63) is 34.9 Å². The van der Waals surface area contributed by atoms with Gasteiger partial charge in [0.25, 0.3) is 0 Å². The Kier molecular flexibility index (Phi) is 5.04. The Balaban J connectivity index is 1.90. The van der Waals surface area contributed by atoms with Crippen molar-refractivity contribution in [1.29, 1.82) is 0 Å². The van der Waals surface area contributed by atoms with Crippen LogP contribution in [0.2, 0.25) is 5.02 Å². The highest BCUT2D eigenvalue weighted by molar-refractivity contribution is 6.30. The lowest BCUT2D eigenvalue weighted by Crippen LogP contribution is -2.32. The first kappa shape index (κ1) is 13.9. The lowest BCUT2D eigenvalue weighted by Gasteiger charge is -2.22. The van der Waals surface area contributed by atoms with Gasteiger partial charge in [0, 0.05) is 17.1 Å². The van der Waals surface area contributed by atoms with Crippen molar-refractivity contribution in [3.8, 4) is 0 Å². The number of nitrogens with one attached hydrogen (secondary N) is 1. The monoisotopic (exact) mass is 266 g/mol. The largest absolute Gasteiger partial charge is 0.307 e. The SMILES string of the molecule is CC(NC1CCCN(C)CC1)c1ccc(Cl)cc1. The van der Waals surface area contributed by atoms with E-state index < -0.39 is 0 Å². The van der Waals surface area contributed by atoms with Crippen LogP contribution in [0, 0.1) is 0 Å². The van der Waals surface area contributed by atoms with Crippen LogP contribution in [0.15, 0.2) is 24.3 Å². The Morgan fingerprint density at radius 1 is 1.22 bits per heavy atom. The smallest absolute Gasteiger partial charge is 0.0406 e. The highest BCUT2D eigenvalue weighted by atomic mass is 35.5. The molecule has 1 saturated heterocycles. The maximum atomic E-state index is 5.92. The zero-order valence-corrected chi connectivity index (χ0v) is 12.1. The zero-order valence-electron chi connectivity index (χ0n) is 11.3. The molecule has 18 heavy (non-hydrogen) atoms. The predicted octanol–water partition coefficient (Wildman–Crippen LogP) is 3.47. The minimum absolute atomic E-state index is 0.399. The van der Waals surface area contributed by atoms with E-state index in [2.05, 4.69) is 36.3 Å². The second-order valence-electron chi connectivity index (χ2n) is 5.37. The summed E-state index contributed by atoms with van der Waals surface area (Å²) in [4.78, 5) is 2.43. The Hall–Kier alpha value is -0.570. The number of rotatable bonds is 3. The highest BCUT2D eigenvalue weighted by Gasteiger charge is 2.17. The van der Waals surface area contributed by atoms with Crippen LogP contribution in [0.1, 0.15) is 37.8 Å². The van der Waals surface area contributed by atoms with Gasteiger partial charge in [-0.1, -0.05) is 23.7 Å². The van der Waals surface area contributed by atoms with E-state index in [1.165, 1.54) is 37.9 Å². The standard InChI is InChI=1S/C15H23ClN2/c1-12(13-5-7-14(16)8-6-13)17-15-4-3-10-18(2)11-9-15/h5-8,12,15,17H,3-4,9-11H2,1-2H3. The molecule has 1 aliphatic rings. The minimum atomic E-state index is 0.399. The predicted molar refractivity (Wildman–Crippen MR) is 78.1 cm³/mol. The van der Waals surface area contributed by atoms with Gasteiger partial charge in [-0.2, -0.15) is 0 Å². The molecule has 1 fully saturated rings. The highest BCUT2D eigenvalue weighted by Crippen LogP contribution is 2.19. The van der Waals surface area contributed by atoms with Crippen LogP contribution in [0.25, 0.3) is 0 Å². The Morgan fingerprint density at radius 3 is 2.67 bits per heavy atom. The third kappa shape index (κ3) is 3.98. The van der Waals surface area contributed by atoms with Gasteiger partial charge in [0.15, 0.2) is 0 Å². The molecule has 0 aliphatic carbocycles. The van der Waals surface area contributed by atoms with Crippen molar-refractivity contribution < 1.29 is 0 Å². The maximum Gasteiger partial charge on any atom is 0.0406 e. The van der Waals surface area contributed by atoms with E-state index in [0.717, 1.165) is 5.02 Å². The molecule has 2 nitrogen and oxygen atoms in total. The van der Waals surface area contributed by atoms with Crippen molar-refractivity contribution in [2.75, 3.05) is 20.1 Å². The second-order valence-corrected chi connectivity index (χ2v) is 5.81. The van der Waals surface area contributed by atoms with Gasteiger partial charge in [-0.05, 0) is 64.0 Å². The van der Waals surface area contributed by atoms with Crippen molar-refractivity contribution in [1.82, 2.24) is 10.2 Å². The molecule has 1 aromatic rings. The summed E-state index contributed by atoms with van der Waals surface area (Å²) < 4.78 is 0. The summed E-state index contributed by atoms with van der Waals surface area (Å²) in [5, 5.41) is 4.55. The van der Waals surface area contributed by atoms with Crippen LogP contribution in [0.4, 0.5) is 0 Å². The molecular formula is C15H23ClN2. The average Bonchev–Trinajstić information content (AvgIpc) is 2.55. The van der Waals surface area contributed by atoms with Crippen LogP contribution in [-0.4, -0.2) is 31.1 Å². The summed E-state index contributed by atoms with van der Waals surface area (Å²) in [6.45, 7) is 4.66. The number of halogens is 1. The normalized spacial score (nSPS) is 23.6. The number of benzene rings is 1. The van der Waals surface area contributed by atoms with Gasteiger partial charge in [0.1, 0.15) is 0 Å². The van der Waals surface area contributed by atoms with E-state index in [4.69, 9.17) is 11.6 Å². The third-order valence-electron chi connectivity index (χ3n) is 3.81. The Labute approximate surface area is 115 Å². The molecule has 1 N–H and O–H groups in total. The summed E-state index contributed by atoms with van der Waals surface area (Å²) in [7, 11) is 2.21. The van der Waals surface area contributed by atoms with Crippen LogP contribution in [0.3, 0.4) is 0 Å². The fourth-order valence-corrected chi connectivity index (χ4v) is 2.73. The number of nitrogens with zero attached hydrogens (tertiary/aromatic N) is 1. The Morgan fingerprint density at radius 2 is 1.94 bits per heavy atom. The van der Waals surface area contributed by atoms with E-state index >= 15 is 0 Å². The molecule has 0 aromatic heterocycles. The number of likely N-dealkylation sites (tertiary alicyclic amines) is 1. The molecule has 1 heterocycles. The molecule has 0 bridgehead atoms. The number of hydrogen-bond acceptors (Lipinski definition) is 2. The van der Waals surface area contributed by atoms with Crippen LogP contribution < -0.4 is 5.32 Å². The first-order chi connectivity index (χ1) is 8.65. The number of hydrogen-bond donors (Lipinski definition) is 1. The molecule has 2 unspecified atom stereocenters.